The summed E-state index contributed by atoms with van der Waals surface area (Å²) in [5.74, 6) is 0.865. The first-order valence-corrected chi connectivity index (χ1v) is 8.85. The van der Waals surface area contributed by atoms with Gasteiger partial charge in [0.25, 0.3) is 0 Å². The molecule has 3 rings (SSSR count). The number of pyridine rings is 1. The molecule has 0 amide bonds. The number of hydrogen-bond donors (Lipinski definition) is 2. The van der Waals surface area contributed by atoms with Gasteiger partial charge in [-0.3, -0.25) is 4.98 Å². The molecule has 1 aromatic heterocycles. The Morgan fingerprint density at radius 3 is 2.58 bits per heavy atom. The van der Waals surface area contributed by atoms with Gasteiger partial charge in [0.05, 0.1) is 12.1 Å². The molecule has 4 nitrogen and oxygen atoms in total. The highest BCUT2D eigenvalue weighted by Gasteiger charge is 2.36. The Kier molecular flexibility index (Phi) is 5.30. The average Bonchev–Trinajstić information content (AvgIpc) is 3.07. The van der Waals surface area contributed by atoms with Gasteiger partial charge in [0.1, 0.15) is 5.75 Å². The van der Waals surface area contributed by atoms with Crippen LogP contribution in [-0.2, 0) is 5.54 Å². The van der Waals surface area contributed by atoms with Gasteiger partial charge in [0, 0.05) is 18.1 Å². The SMILES string of the molecule is CCOc1ccc(NC(=S)NC2(c3cccnc3)CCCC2)cc1. The molecule has 0 bridgehead atoms. The summed E-state index contributed by atoms with van der Waals surface area (Å²) in [6.07, 6.45) is 8.30. The number of aromatic nitrogens is 1. The third-order valence-corrected chi connectivity index (χ3v) is 4.65. The van der Waals surface area contributed by atoms with Crippen LogP contribution in [0.25, 0.3) is 0 Å². The van der Waals surface area contributed by atoms with Crippen LogP contribution in [-0.4, -0.2) is 16.7 Å². The molecule has 0 saturated heterocycles. The van der Waals surface area contributed by atoms with Crippen molar-refractivity contribution >= 4 is 23.0 Å². The zero-order chi connectivity index (χ0) is 16.8. The lowest BCUT2D eigenvalue weighted by atomic mass is 9.89. The maximum Gasteiger partial charge on any atom is 0.171 e. The van der Waals surface area contributed by atoms with Crippen LogP contribution in [0.2, 0.25) is 0 Å². The van der Waals surface area contributed by atoms with Crippen molar-refractivity contribution in [1.82, 2.24) is 10.3 Å². The van der Waals surface area contributed by atoms with Gasteiger partial charge < -0.3 is 15.4 Å². The summed E-state index contributed by atoms with van der Waals surface area (Å²) in [7, 11) is 0. The molecule has 0 atom stereocenters. The van der Waals surface area contributed by atoms with E-state index in [0.29, 0.717) is 11.7 Å². The van der Waals surface area contributed by atoms with Crippen molar-refractivity contribution in [1.29, 1.82) is 0 Å². The average molecular weight is 341 g/mol. The van der Waals surface area contributed by atoms with Crippen LogP contribution < -0.4 is 15.4 Å². The second-order valence-corrected chi connectivity index (χ2v) is 6.48. The molecule has 2 aromatic rings. The molecular formula is C19H23N3OS. The fourth-order valence-electron chi connectivity index (χ4n) is 3.29. The molecule has 0 unspecified atom stereocenters. The van der Waals surface area contributed by atoms with Crippen molar-refractivity contribution in [3.05, 3.63) is 54.4 Å². The van der Waals surface area contributed by atoms with E-state index in [0.717, 1.165) is 24.3 Å². The molecule has 1 saturated carbocycles. The van der Waals surface area contributed by atoms with Crippen LogP contribution >= 0.6 is 12.2 Å². The first-order chi connectivity index (χ1) is 11.7. The van der Waals surface area contributed by atoms with E-state index < -0.39 is 0 Å². The summed E-state index contributed by atoms with van der Waals surface area (Å²) < 4.78 is 5.46. The molecule has 126 valence electrons. The van der Waals surface area contributed by atoms with Gasteiger partial charge in [-0.05, 0) is 67.9 Å². The molecule has 2 N–H and O–H groups in total. The molecule has 1 aliphatic rings. The molecular weight excluding hydrogens is 318 g/mol. The van der Waals surface area contributed by atoms with Crippen molar-refractivity contribution in [2.24, 2.45) is 0 Å². The summed E-state index contributed by atoms with van der Waals surface area (Å²) in [6, 6.07) is 12.0. The second kappa shape index (κ2) is 7.62. The number of benzene rings is 1. The number of rotatable bonds is 5. The standard InChI is InChI=1S/C19H23N3OS/c1-2-23-17-9-7-16(8-10-17)21-18(24)22-19(11-3-4-12-19)15-6-5-13-20-14-15/h5-10,13-14H,2-4,11-12H2,1H3,(H2,21,22,24). The van der Waals surface area contributed by atoms with Crippen molar-refractivity contribution in [2.45, 2.75) is 38.1 Å². The van der Waals surface area contributed by atoms with Crippen LogP contribution in [0.5, 0.6) is 5.75 Å². The van der Waals surface area contributed by atoms with E-state index >= 15 is 0 Å². The number of anilines is 1. The van der Waals surface area contributed by atoms with Crippen molar-refractivity contribution in [3.8, 4) is 5.75 Å². The van der Waals surface area contributed by atoms with E-state index in [4.69, 9.17) is 17.0 Å². The minimum atomic E-state index is -0.108. The van der Waals surface area contributed by atoms with E-state index in [-0.39, 0.29) is 5.54 Å². The number of nitrogens with one attached hydrogen (secondary N) is 2. The summed E-state index contributed by atoms with van der Waals surface area (Å²) in [6.45, 7) is 2.64. The fourth-order valence-corrected chi connectivity index (χ4v) is 3.60. The first kappa shape index (κ1) is 16.7. The molecule has 0 spiro atoms. The number of hydrogen-bond acceptors (Lipinski definition) is 3. The summed E-state index contributed by atoms with van der Waals surface area (Å²) >= 11 is 5.55. The first-order valence-electron chi connectivity index (χ1n) is 8.44. The number of nitrogens with zero attached hydrogens (tertiary/aromatic N) is 1. The Labute approximate surface area is 148 Å². The van der Waals surface area contributed by atoms with E-state index in [9.17, 15) is 0 Å². The van der Waals surface area contributed by atoms with Crippen LogP contribution in [0.3, 0.4) is 0 Å². The minimum absolute atomic E-state index is 0.108. The van der Waals surface area contributed by atoms with Gasteiger partial charge in [0.2, 0.25) is 0 Å². The highest BCUT2D eigenvalue weighted by Crippen LogP contribution is 2.38. The van der Waals surface area contributed by atoms with E-state index in [1.165, 1.54) is 18.4 Å². The molecule has 5 heteroatoms. The van der Waals surface area contributed by atoms with E-state index in [2.05, 4.69) is 21.7 Å². The lowest BCUT2D eigenvalue weighted by molar-refractivity contribution is 0.340. The predicted molar refractivity (Wildman–Crippen MR) is 101 cm³/mol. The highest BCUT2D eigenvalue weighted by atomic mass is 32.1. The summed E-state index contributed by atoms with van der Waals surface area (Å²) in [5, 5.41) is 7.47. The quantitative estimate of drug-likeness (QED) is 0.797. The van der Waals surface area contributed by atoms with Gasteiger partial charge in [0.15, 0.2) is 5.11 Å². The minimum Gasteiger partial charge on any atom is -0.494 e. The third-order valence-electron chi connectivity index (χ3n) is 4.45. The predicted octanol–water partition coefficient (Wildman–Crippen LogP) is 4.24. The topological polar surface area (TPSA) is 46.2 Å². The molecule has 1 heterocycles. The Bertz CT molecular complexity index is 667. The Morgan fingerprint density at radius 1 is 1.21 bits per heavy atom. The molecule has 24 heavy (non-hydrogen) atoms. The Balaban J connectivity index is 1.68. The van der Waals surface area contributed by atoms with E-state index in [1.54, 1.807) is 0 Å². The zero-order valence-electron chi connectivity index (χ0n) is 13.9. The normalized spacial score (nSPS) is 15.7. The smallest absolute Gasteiger partial charge is 0.171 e. The molecule has 1 fully saturated rings. The van der Waals surface area contributed by atoms with E-state index in [1.807, 2.05) is 49.6 Å². The van der Waals surface area contributed by atoms with Crippen molar-refractivity contribution in [2.75, 3.05) is 11.9 Å². The van der Waals surface area contributed by atoms with Crippen molar-refractivity contribution in [3.63, 3.8) is 0 Å². The maximum absolute atomic E-state index is 5.55. The van der Waals surface area contributed by atoms with Gasteiger partial charge >= 0.3 is 0 Å². The number of ether oxygens (including phenoxy) is 1. The summed E-state index contributed by atoms with van der Waals surface area (Å²) in [4.78, 5) is 4.28. The molecule has 0 aliphatic heterocycles. The molecule has 1 aromatic carbocycles. The van der Waals surface area contributed by atoms with Crippen LogP contribution in [0.4, 0.5) is 5.69 Å². The maximum atomic E-state index is 5.55. The van der Waals surface area contributed by atoms with Gasteiger partial charge in [-0.25, -0.2) is 0 Å². The van der Waals surface area contributed by atoms with Gasteiger partial charge in [-0.1, -0.05) is 18.9 Å². The summed E-state index contributed by atoms with van der Waals surface area (Å²) in [5.41, 5.74) is 2.05. The lowest BCUT2D eigenvalue weighted by Gasteiger charge is -2.32. The van der Waals surface area contributed by atoms with Crippen LogP contribution in [0.15, 0.2) is 48.8 Å². The van der Waals surface area contributed by atoms with Crippen LogP contribution in [0.1, 0.15) is 38.2 Å². The van der Waals surface area contributed by atoms with Crippen LogP contribution in [0, 0.1) is 0 Å². The van der Waals surface area contributed by atoms with Gasteiger partial charge in [-0.15, -0.1) is 0 Å². The largest absolute Gasteiger partial charge is 0.494 e. The van der Waals surface area contributed by atoms with Gasteiger partial charge in [-0.2, -0.15) is 0 Å². The lowest BCUT2D eigenvalue weighted by Crippen LogP contribution is -2.45. The highest BCUT2D eigenvalue weighted by molar-refractivity contribution is 7.80. The molecule has 1 aliphatic carbocycles. The molecule has 0 radical (unpaired) electrons. The Morgan fingerprint density at radius 2 is 1.96 bits per heavy atom. The second-order valence-electron chi connectivity index (χ2n) is 6.07. The third kappa shape index (κ3) is 3.85. The Hall–Kier alpha value is -2.14. The van der Waals surface area contributed by atoms with Crippen molar-refractivity contribution < 1.29 is 4.74 Å². The zero-order valence-corrected chi connectivity index (χ0v) is 14.7. The number of thiocarbonyl (C=S) groups is 1. The monoisotopic (exact) mass is 341 g/mol. The fraction of sp³-hybridized carbons (Fsp3) is 0.368.